The largest absolute Gasteiger partial charge is 0.383 e. The molecule has 1 aliphatic rings. The molecule has 104 valence electrons. The summed E-state index contributed by atoms with van der Waals surface area (Å²) >= 11 is 2.17. The highest BCUT2D eigenvalue weighted by molar-refractivity contribution is 14.1. The molecule has 0 saturated carbocycles. The zero-order chi connectivity index (χ0) is 14.3. The van der Waals surface area contributed by atoms with E-state index in [9.17, 15) is 4.79 Å². The van der Waals surface area contributed by atoms with E-state index in [1.54, 1.807) is 11.1 Å². The van der Waals surface area contributed by atoms with Gasteiger partial charge in [-0.25, -0.2) is 4.98 Å². The fraction of sp³-hybridized carbons (Fsp3) is 0.308. The number of rotatable bonds is 2. The molecule has 2 aromatic heterocycles. The zero-order valence-corrected chi connectivity index (χ0v) is 12.9. The minimum atomic E-state index is -0.0279. The van der Waals surface area contributed by atoms with E-state index in [0.717, 1.165) is 27.6 Å². The fourth-order valence-electron chi connectivity index (χ4n) is 2.62. The third-order valence-electron chi connectivity index (χ3n) is 3.60. The van der Waals surface area contributed by atoms with Crippen molar-refractivity contribution in [2.75, 3.05) is 18.8 Å². The lowest BCUT2D eigenvalue weighted by Gasteiger charge is -2.15. The highest BCUT2D eigenvalue weighted by atomic mass is 127. The number of likely N-dealkylation sites (tertiary alicyclic amines) is 1. The minimum Gasteiger partial charge on any atom is -0.383 e. The van der Waals surface area contributed by atoms with Gasteiger partial charge in [0.05, 0.1) is 16.9 Å². The summed E-state index contributed by atoms with van der Waals surface area (Å²) in [6.07, 6.45) is 3.93. The van der Waals surface area contributed by atoms with Crippen molar-refractivity contribution in [2.24, 2.45) is 0 Å². The molecule has 6 nitrogen and oxygen atoms in total. The maximum atomic E-state index is 11.7. The maximum Gasteiger partial charge on any atom is 0.246 e. The summed E-state index contributed by atoms with van der Waals surface area (Å²) in [4.78, 5) is 17.6. The van der Waals surface area contributed by atoms with Crippen LogP contribution in [-0.4, -0.2) is 38.7 Å². The number of hydrogen-bond acceptors (Lipinski definition) is 4. The Kier molecular flexibility index (Phi) is 3.36. The molecule has 0 radical (unpaired) electrons. The molecule has 20 heavy (non-hydrogen) atoms. The van der Waals surface area contributed by atoms with Crippen LogP contribution in [-0.2, 0) is 4.79 Å². The lowest BCUT2D eigenvalue weighted by Crippen LogP contribution is -2.27. The molecule has 0 unspecified atom stereocenters. The van der Waals surface area contributed by atoms with Gasteiger partial charge in [-0.1, -0.05) is 6.58 Å². The van der Waals surface area contributed by atoms with E-state index in [0.29, 0.717) is 12.4 Å². The van der Waals surface area contributed by atoms with E-state index < -0.39 is 0 Å². The van der Waals surface area contributed by atoms with Crippen molar-refractivity contribution in [1.29, 1.82) is 0 Å². The van der Waals surface area contributed by atoms with E-state index in [4.69, 9.17) is 5.73 Å². The van der Waals surface area contributed by atoms with Crippen molar-refractivity contribution in [3.63, 3.8) is 0 Å². The summed E-state index contributed by atoms with van der Waals surface area (Å²) in [5.74, 6) is 0.468. The molecule has 0 spiro atoms. The molecule has 1 atom stereocenters. The number of pyridine rings is 1. The summed E-state index contributed by atoms with van der Waals surface area (Å²) < 4.78 is 2.81. The van der Waals surface area contributed by atoms with Crippen LogP contribution >= 0.6 is 22.6 Å². The number of carbonyl (C=O) groups excluding carboxylic acids is 1. The zero-order valence-electron chi connectivity index (χ0n) is 10.8. The van der Waals surface area contributed by atoms with Crippen molar-refractivity contribution in [3.05, 3.63) is 28.6 Å². The van der Waals surface area contributed by atoms with Crippen LogP contribution in [0.15, 0.2) is 24.9 Å². The van der Waals surface area contributed by atoms with Crippen molar-refractivity contribution >= 4 is 45.2 Å². The first-order valence-corrected chi connectivity index (χ1v) is 7.39. The lowest BCUT2D eigenvalue weighted by molar-refractivity contribution is -0.125. The van der Waals surface area contributed by atoms with Gasteiger partial charge >= 0.3 is 0 Å². The monoisotopic (exact) mass is 383 g/mol. The number of nitrogens with two attached hydrogens (primary N) is 1. The van der Waals surface area contributed by atoms with Crippen LogP contribution in [0.3, 0.4) is 0 Å². The highest BCUT2D eigenvalue weighted by Gasteiger charge is 2.28. The normalized spacial score (nSPS) is 18.6. The van der Waals surface area contributed by atoms with Gasteiger partial charge in [0, 0.05) is 19.3 Å². The Hall–Kier alpha value is -1.64. The Labute approximate surface area is 129 Å². The molecule has 3 heterocycles. The predicted molar refractivity (Wildman–Crippen MR) is 85.1 cm³/mol. The van der Waals surface area contributed by atoms with Crippen molar-refractivity contribution in [2.45, 2.75) is 12.5 Å². The molecule has 2 N–H and O–H groups in total. The van der Waals surface area contributed by atoms with Crippen LogP contribution in [0.5, 0.6) is 0 Å². The van der Waals surface area contributed by atoms with Crippen LogP contribution in [0, 0.1) is 3.70 Å². The molecule has 1 aliphatic heterocycles. The number of aromatic nitrogens is 3. The molecule has 1 saturated heterocycles. The van der Waals surface area contributed by atoms with Gasteiger partial charge in [-0.15, -0.1) is 0 Å². The summed E-state index contributed by atoms with van der Waals surface area (Å²) in [6.45, 7) is 4.91. The van der Waals surface area contributed by atoms with Crippen LogP contribution in [0.4, 0.5) is 5.82 Å². The Bertz CT molecular complexity index is 695. The first-order chi connectivity index (χ1) is 9.61. The van der Waals surface area contributed by atoms with Gasteiger partial charge in [0.2, 0.25) is 5.91 Å². The van der Waals surface area contributed by atoms with Crippen molar-refractivity contribution in [3.8, 4) is 0 Å². The second-order valence-electron chi connectivity index (χ2n) is 4.76. The van der Waals surface area contributed by atoms with Gasteiger partial charge in [0.15, 0.2) is 0 Å². The number of carbonyl (C=O) groups is 1. The topological polar surface area (TPSA) is 77.0 Å². The summed E-state index contributed by atoms with van der Waals surface area (Å²) in [6, 6.07) is 2.09. The highest BCUT2D eigenvalue weighted by Crippen LogP contribution is 2.30. The van der Waals surface area contributed by atoms with Crippen molar-refractivity contribution < 1.29 is 4.79 Å². The third-order valence-corrected chi connectivity index (χ3v) is 4.36. The average molecular weight is 383 g/mol. The third kappa shape index (κ3) is 2.05. The van der Waals surface area contributed by atoms with Crippen LogP contribution in [0.2, 0.25) is 0 Å². The van der Waals surface area contributed by atoms with Crippen molar-refractivity contribution in [1.82, 2.24) is 19.7 Å². The molecule has 1 fully saturated rings. The van der Waals surface area contributed by atoms with E-state index in [1.807, 2.05) is 10.7 Å². The predicted octanol–water partition coefficient (Wildman–Crippen LogP) is 1.58. The number of fused-ring (bicyclic) bond motifs is 1. The smallest absolute Gasteiger partial charge is 0.246 e. The SMILES string of the molecule is C=CC(=O)N1CC[C@H](n2nc(I)c3c(N)nccc32)C1. The Morgan fingerprint density at radius 3 is 3.15 bits per heavy atom. The second-order valence-corrected chi connectivity index (χ2v) is 5.78. The molecule has 3 rings (SSSR count). The van der Waals surface area contributed by atoms with Gasteiger partial charge in [0.1, 0.15) is 9.52 Å². The van der Waals surface area contributed by atoms with Gasteiger partial charge in [-0.2, -0.15) is 5.10 Å². The number of nitrogens with zero attached hydrogens (tertiary/aromatic N) is 4. The summed E-state index contributed by atoms with van der Waals surface area (Å²) in [5, 5.41) is 5.46. The molecular formula is C13H14IN5O. The molecule has 2 aromatic rings. The fourth-order valence-corrected chi connectivity index (χ4v) is 3.40. The van der Waals surface area contributed by atoms with E-state index in [-0.39, 0.29) is 11.9 Å². The molecule has 0 bridgehead atoms. The molecule has 7 heteroatoms. The number of nitrogen functional groups attached to an aromatic ring is 1. The first kappa shape index (κ1) is 13.3. The van der Waals surface area contributed by atoms with E-state index >= 15 is 0 Å². The first-order valence-electron chi connectivity index (χ1n) is 6.31. The minimum absolute atomic E-state index is 0.0279. The van der Waals surface area contributed by atoms with E-state index in [1.165, 1.54) is 6.08 Å². The van der Waals surface area contributed by atoms with Gasteiger partial charge in [0.25, 0.3) is 0 Å². The number of anilines is 1. The molecule has 0 aromatic carbocycles. The average Bonchev–Trinajstić information content (AvgIpc) is 3.04. The van der Waals surface area contributed by atoms with Crippen LogP contribution in [0.1, 0.15) is 12.5 Å². The van der Waals surface area contributed by atoms with Crippen LogP contribution < -0.4 is 5.73 Å². The number of halogens is 1. The Morgan fingerprint density at radius 1 is 1.60 bits per heavy atom. The summed E-state index contributed by atoms with van der Waals surface area (Å²) in [7, 11) is 0. The second kappa shape index (κ2) is 5.04. The van der Waals surface area contributed by atoms with Crippen LogP contribution in [0.25, 0.3) is 10.9 Å². The lowest BCUT2D eigenvalue weighted by atomic mass is 10.2. The molecule has 0 aliphatic carbocycles. The molecule has 1 amide bonds. The number of amides is 1. The van der Waals surface area contributed by atoms with Gasteiger partial charge < -0.3 is 10.6 Å². The summed E-state index contributed by atoms with van der Waals surface area (Å²) in [5.41, 5.74) is 6.89. The molecular weight excluding hydrogens is 369 g/mol. The number of hydrogen-bond donors (Lipinski definition) is 1. The van der Waals surface area contributed by atoms with E-state index in [2.05, 4.69) is 39.3 Å². The Morgan fingerprint density at radius 2 is 2.40 bits per heavy atom. The standard InChI is InChI=1S/C13H14IN5O/c1-2-10(20)18-6-4-8(7-18)19-9-3-5-16-13(15)11(9)12(14)17-19/h2-3,5,8H,1,4,6-7H2,(H2,15,16)/t8-/m0/s1. The Balaban J connectivity index is 1.98. The maximum absolute atomic E-state index is 11.7. The van der Waals surface area contributed by atoms with Gasteiger partial charge in [-0.3, -0.25) is 9.48 Å². The quantitative estimate of drug-likeness (QED) is 0.631. The van der Waals surface area contributed by atoms with Gasteiger partial charge in [-0.05, 0) is 41.2 Å².